The predicted molar refractivity (Wildman–Crippen MR) is 63.7 cm³/mol. The Labute approximate surface area is 97.1 Å². The van der Waals surface area contributed by atoms with E-state index in [1.54, 1.807) is 6.20 Å². The summed E-state index contributed by atoms with van der Waals surface area (Å²) in [6.07, 6.45) is 3.03. The molecule has 0 amide bonds. The van der Waals surface area contributed by atoms with Gasteiger partial charge in [-0.15, -0.1) is 0 Å². The number of aryl methyl sites for hydroxylation is 1. The van der Waals surface area contributed by atoms with Crippen molar-refractivity contribution in [2.24, 2.45) is 0 Å². The van der Waals surface area contributed by atoms with Crippen molar-refractivity contribution in [1.29, 1.82) is 0 Å². The molecule has 0 aliphatic heterocycles. The second kappa shape index (κ2) is 4.21. The molecule has 0 saturated carbocycles. The summed E-state index contributed by atoms with van der Waals surface area (Å²) in [6, 6.07) is 7.83. The molecule has 0 aliphatic rings. The summed E-state index contributed by atoms with van der Waals surface area (Å²) in [4.78, 5) is 2.94. The van der Waals surface area contributed by atoms with Crippen LogP contribution in [0.2, 0.25) is 0 Å². The summed E-state index contributed by atoms with van der Waals surface area (Å²) in [7, 11) is 0. The van der Waals surface area contributed by atoms with Crippen LogP contribution in [0.1, 0.15) is 22.8 Å². The van der Waals surface area contributed by atoms with Crippen LogP contribution < -0.4 is 0 Å². The first-order valence-corrected chi connectivity index (χ1v) is 5.54. The smallest absolute Gasteiger partial charge is 0.107 e. The molecule has 1 aromatic heterocycles. The number of aromatic amines is 1. The molecule has 0 fully saturated rings. The number of rotatable bonds is 2. The lowest BCUT2D eigenvalue weighted by Gasteiger charge is -2.12. The van der Waals surface area contributed by atoms with Crippen molar-refractivity contribution in [1.82, 2.24) is 4.98 Å². The highest BCUT2D eigenvalue weighted by atomic mass is 79.9. The summed E-state index contributed by atoms with van der Waals surface area (Å²) in [5.74, 6) is 0. The van der Waals surface area contributed by atoms with Crippen LogP contribution >= 0.6 is 15.9 Å². The number of aliphatic hydroxyl groups excluding tert-OH is 1. The number of aliphatic hydroxyl groups is 1. The Kier molecular flexibility index (Phi) is 2.93. The van der Waals surface area contributed by atoms with E-state index < -0.39 is 6.10 Å². The molecule has 0 spiro atoms. The maximum absolute atomic E-state index is 10.1. The Balaban J connectivity index is 2.41. The summed E-state index contributed by atoms with van der Waals surface area (Å²) in [6.45, 7) is 2.01. The molecule has 1 aromatic carbocycles. The third-order valence-electron chi connectivity index (χ3n) is 2.38. The van der Waals surface area contributed by atoms with Gasteiger partial charge in [-0.05, 0) is 24.6 Å². The van der Waals surface area contributed by atoms with E-state index in [0.29, 0.717) is 0 Å². The zero-order valence-electron chi connectivity index (χ0n) is 8.37. The van der Waals surface area contributed by atoms with E-state index in [1.165, 1.54) is 0 Å². The fraction of sp³-hybridized carbons (Fsp3) is 0.167. The number of aromatic nitrogens is 1. The van der Waals surface area contributed by atoms with E-state index in [9.17, 15) is 5.11 Å². The minimum absolute atomic E-state index is 0.578. The van der Waals surface area contributed by atoms with E-state index in [-0.39, 0.29) is 0 Å². The van der Waals surface area contributed by atoms with E-state index in [1.807, 2.05) is 37.4 Å². The Morgan fingerprint density at radius 3 is 2.80 bits per heavy atom. The first-order chi connectivity index (χ1) is 7.18. The molecule has 2 aromatic rings. The van der Waals surface area contributed by atoms with Crippen molar-refractivity contribution in [2.45, 2.75) is 13.0 Å². The van der Waals surface area contributed by atoms with Gasteiger partial charge in [-0.2, -0.15) is 0 Å². The van der Waals surface area contributed by atoms with Crippen LogP contribution in [0.3, 0.4) is 0 Å². The van der Waals surface area contributed by atoms with Crippen LogP contribution in [-0.4, -0.2) is 10.1 Å². The summed E-state index contributed by atoms with van der Waals surface area (Å²) < 4.78 is 0.932. The number of H-pyrrole nitrogens is 1. The normalized spacial score (nSPS) is 12.7. The van der Waals surface area contributed by atoms with Gasteiger partial charge in [-0.3, -0.25) is 0 Å². The first kappa shape index (κ1) is 10.5. The fourth-order valence-electron chi connectivity index (χ4n) is 1.56. The van der Waals surface area contributed by atoms with Gasteiger partial charge in [0.1, 0.15) is 6.10 Å². The van der Waals surface area contributed by atoms with Crippen molar-refractivity contribution in [3.05, 3.63) is 57.8 Å². The van der Waals surface area contributed by atoms with E-state index in [2.05, 4.69) is 20.9 Å². The van der Waals surface area contributed by atoms with Crippen LogP contribution in [0, 0.1) is 6.92 Å². The summed E-state index contributed by atoms with van der Waals surface area (Å²) >= 11 is 3.45. The van der Waals surface area contributed by atoms with Crippen molar-refractivity contribution in [3.63, 3.8) is 0 Å². The monoisotopic (exact) mass is 265 g/mol. The molecule has 0 bridgehead atoms. The lowest BCUT2D eigenvalue weighted by atomic mass is 10.0. The third-order valence-corrected chi connectivity index (χ3v) is 3.11. The highest BCUT2D eigenvalue weighted by Gasteiger charge is 2.13. The molecule has 3 heteroatoms. The third kappa shape index (κ3) is 2.13. The van der Waals surface area contributed by atoms with Crippen LogP contribution in [0.4, 0.5) is 0 Å². The first-order valence-electron chi connectivity index (χ1n) is 4.75. The SMILES string of the molecule is Cc1ccc(Br)c(C(O)c2cc[nH]c2)c1. The highest BCUT2D eigenvalue weighted by molar-refractivity contribution is 9.10. The standard InChI is InChI=1S/C12H12BrNO/c1-8-2-3-11(13)10(6-8)12(15)9-4-5-14-7-9/h2-7,12,14-15H,1H3. The van der Waals surface area contributed by atoms with E-state index >= 15 is 0 Å². The van der Waals surface area contributed by atoms with Crippen LogP contribution in [0.25, 0.3) is 0 Å². The quantitative estimate of drug-likeness (QED) is 0.860. The Bertz CT molecular complexity index is 451. The second-order valence-corrected chi connectivity index (χ2v) is 4.43. The zero-order valence-corrected chi connectivity index (χ0v) is 9.95. The van der Waals surface area contributed by atoms with Gasteiger partial charge in [0.25, 0.3) is 0 Å². The maximum Gasteiger partial charge on any atom is 0.107 e. The van der Waals surface area contributed by atoms with Gasteiger partial charge < -0.3 is 10.1 Å². The maximum atomic E-state index is 10.1. The molecule has 1 atom stereocenters. The Morgan fingerprint density at radius 2 is 2.13 bits per heavy atom. The summed E-state index contributed by atoms with van der Waals surface area (Å²) in [5, 5.41) is 10.1. The number of hydrogen-bond donors (Lipinski definition) is 2. The van der Waals surface area contributed by atoms with Crippen molar-refractivity contribution < 1.29 is 5.11 Å². The average molecular weight is 266 g/mol. The number of benzene rings is 1. The molecule has 0 saturated heterocycles. The largest absolute Gasteiger partial charge is 0.384 e. The Hall–Kier alpha value is -1.06. The molecule has 1 unspecified atom stereocenters. The van der Waals surface area contributed by atoms with Crippen molar-refractivity contribution >= 4 is 15.9 Å². The number of halogens is 1. The van der Waals surface area contributed by atoms with Gasteiger partial charge in [-0.1, -0.05) is 33.6 Å². The second-order valence-electron chi connectivity index (χ2n) is 3.57. The lowest BCUT2D eigenvalue weighted by Crippen LogP contribution is -1.99. The average Bonchev–Trinajstić information content (AvgIpc) is 2.74. The fourth-order valence-corrected chi connectivity index (χ4v) is 2.02. The predicted octanol–water partition coefficient (Wildman–Crippen LogP) is 3.17. The lowest BCUT2D eigenvalue weighted by molar-refractivity contribution is 0.219. The molecule has 78 valence electrons. The van der Waals surface area contributed by atoms with E-state index in [4.69, 9.17) is 0 Å². The van der Waals surface area contributed by atoms with Gasteiger partial charge in [-0.25, -0.2) is 0 Å². The molecule has 2 N–H and O–H groups in total. The highest BCUT2D eigenvalue weighted by Crippen LogP contribution is 2.28. The van der Waals surface area contributed by atoms with Gasteiger partial charge in [0.15, 0.2) is 0 Å². The van der Waals surface area contributed by atoms with E-state index in [0.717, 1.165) is 21.2 Å². The molecule has 0 aliphatic carbocycles. The summed E-state index contributed by atoms with van der Waals surface area (Å²) in [5.41, 5.74) is 2.92. The van der Waals surface area contributed by atoms with Gasteiger partial charge in [0.05, 0.1) is 0 Å². The molecule has 15 heavy (non-hydrogen) atoms. The molecule has 1 heterocycles. The van der Waals surface area contributed by atoms with Crippen LogP contribution in [0.15, 0.2) is 41.1 Å². The number of hydrogen-bond acceptors (Lipinski definition) is 1. The topological polar surface area (TPSA) is 36.0 Å². The number of nitrogens with one attached hydrogen (secondary N) is 1. The zero-order chi connectivity index (χ0) is 10.8. The van der Waals surface area contributed by atoms with Crippen LogP contribution in [-0.2, 0) is 0 Å². The molecule has 0 radical (unpaired) electrons. The van der Waals surface area contributed by atoms with Crippen LogP contribution in [0.5, 0.6) is 0 Å². The van der Waals surface area contributed by atoms with Gasteiger partial charge in [0, 0.05) is 22.4 Å². The van der Waals surface area contributed by atoms with Crippen molar-refractivity contribution in [2.75, 3.05) is 0 Å². The Morgan fingerprint density at radius 1 is 1.33 bits per heavy atom. The van der Waals surface area contributed by atoms with Gasteiger partial charge >= 0.3 is 0 Å². The minimum Gasteiger partial charge on any atom is -0.384 e. The molecule has 2 nitrogen and oxygen atoms in total. The molecular formula is C12H12BrNO. The van der Waals surface area contributed by atoms with Crippen molar-refractivity contribution in [3.8, 4) is 0 Å². The molecule has 2 rings (SSSR count). The van der Waals surface area contributed by atoms with Gasteiger partial charge in [0.2, 0.25) is 0 Å². The molecular weight excluding hydrogens is 254 g/mol. The minimum atomic E-state index is -0.578.